The van der Waals surface area contributed by atoms with Crippen molar-refractivity contribution >= 4 is 29.0 Å². The highest BCUT2D eigenvalue weighted by atomic mass is 16.5. The number of hydrogen-bond acceptors (Lipinski definition) is 10. The molecule has 40 heavy (non-hydrogen) atoms. The lowest BCUT2D eigenvalue weighted by Gasteiger charge is -2.52. The highest BCUT2D eigenvalue weighted by molar-refractivity contribution is 6.32. The van der Waals surface area contributed by atoms with E-state index >= 15 is 0 Å². The Labute approximate surface area is 232 Å². The molecule has 0 aromatic heterocycles. The average molecular weight is 556 g/mol. The van der Waals surface area contributed by atoms with Gasteiger partial charge in [-0.15, -0.1) is 0 Å². The number of Topliss-reactive ketones (excluding diaryl/α,β-unsaturated/α-hetero) is 4. The smallest absolute Gasteiger partial charge is 0.235 e. The van der Waals surface area contributed by atoms with Gasteiger partial charge in [-0.3, -0.25) is 33.8 Å². The third-order valence-corrected chi connectivity index (χ3v) is 9.62. The second-order valence-electron chi connectivity index (χ2n) is 11.8. The highest BCUT2D eigenvalue weighted by Crippen LogP contribution is 2.53. The Balaban J connectivity index is 1.63. The first-order chi connectivity index (χ1) is 18.9. The molecule has 216 valence electrons. The van der Waals surface area contributed by atoms with Crippen molar-refractivity contribution < 1.29 is 38.9 Å². The number of amides is 1. The summed E-state index contributed by atoms with van der Waals surface area (Å²) in [4.78, 5) is 70.4. The topological polar surface area (TPSA) is 168 Å². The normalized spacial score (nSPS) is 34.4. The summed E-state index contributed by atoms with van der Waals surface area (Å²) >= 11 is 0. The molecule has 1 aromatic carbocycles. The van der Waals surface area contributed by atoms with Crippen LogP contribution in [0.1, 0.15) is 60.1 Å². The Morgan fingerprint density at radius 3 is 2.50 bits per heavy atom. The number of likely N-dealkylation sites (N-methyl/N-ethyl adjacent to an activating group) is 1. The predicted octanol–water partition coefficient (Wildman–Crippen LogP) is 0.423. The fourth-order valence-electron chi connectivity index (χ4n) is 7.89. The lowest BCUT2D eigenvalue weighted by atomic mass is 9.52. The van der Waals surface area contributed by atoms with E-state index in [0.29, 0.717) is 11.3 Å². The zero-order valence-corrected chi connectivity index (χ0v) is 23.3. The molecule has 0 radical (unpaired) electrons. The number of aromatic hydroxyl groups is 1. The predicted molar refractivity (Wildman–Crippen MR) is 142 cm³/mol. The van der Waals surface area contributed by atoms with Gasteiger partial charge >= 0.3 is 0 Å². The SMILES string of the molecule is CCN1CCCCC1c1cc(O)c2c(c1OC)CC1CC3C(N(C)C)C(=O)C(C(N)=O)C(=O)C3(O)C(=O)C1C2=O. The molecule has 1 aromatic rings. The largest absolute Gasteiger partial charge is 0.507 e. The molecule has 1 saturated heterocycles. The minimum atomic E-state index is -2.74. The van der Waals surface area contributed by atoms with Crippen molar-refractivity contribution in [1.29, 1.82) is 0 Å². The third-order valence-electron chi connectivity index (χ3n) is 9.62. The van der Waals surface area contributed by atoms with Crippen LogP contribution in [0.5, 0.6) is 11.5 Å². The van der Waals surface area contributed by atoms with E-state index in [9.17, 15) is 34.2 Å². The van der Waals surface area contributed by atoms with Crippen LogP contribution in [0.15, 0.2) is 6.07 Å². The van der Waals surface area contributed by atoms with Gasteiger partial charge in [-0.2, -0.15) is 0 Å². The van der Waals surface area contributed by atoms with E-state index < -0.39 is 64.4 Å². The number of ketones is 4. The number of benzene rings is 1. The third kappa shape index (κ3) is 3.85. The van der Waals surface area contributed by atoms with Crippen molar-refractivity contribution in [3.8, 4) is 11.5 Å². The van der Waals surface area contributed by atoms with Crippen LogP contribution in [0.25, 0.3) is 0 Å². The first kappa shape index (κ1) is 28.4. The number of primary amides is 1. The number of carbonyl (C=O) groups is 5. The Morgan fingerprint density at radius 2 is 1.90 bits per heavy atom. The second kappa shape index (κ2) is 10.0. The van der Waals surface area contributed by atoms with E-state index in [1.807, 2.05) is 0 Å². The summed E-state index contributed by atoms with van der Waals surface area (Å²) in [5.41, 5.74) is 3.86. The van der Waals surface area contributed by atoms with Crippen molar-refractivity contribution in [2.45, 2.75) is 56.7 Å². The molecule has 0 bridgehead atoms. The van der Waals surface area contributed by atoms with Crippen molar-refractivity contribution in [3.63, 3.8) is 0 Å². The molecule has 4 aliphatic rings. The van der Waals surface area contributed by atoms with Gasteiger partial charge in [0.1, 0.15) is 11.5 Å². The summed E-state index contributed by atoms with van der Waals surface area (Å²) in [6, 6.07) is 0.395. The van der Waals surface area contributed by atoms with Gasteiger partial charge in [-0.25, -0.2) is 0 Å². The summed E-state index contributed by atoms with van der Waals surface area (Å²) in [7, 11) is 4.64. The number of methoxy groups -OCH3 is 1. The molecule has 7 atom stereocenters. The molecular weight excluding hydrogens is 518 g/mol. The molecule has 3 fully saturated rings. The van der Waals surface area contributed by atoms with Gasteiger partial charge in [0, 0.05) is 23.1 Å². The van der Waals surface area contributed by atoms with Gasteiger partial charge in [-0.05, 0) is 64.9 Å². The Morgan fingerprint density at radius 1 is 1.20 bits per heavy atom. The summed E-state index contributed by atoms with van der Waals surface area (Å²) < 4.78 is 5.87. The number of ether oxygens (including phenoxy) is 1. The van der Waals surface area contributed by atoms with Crippen LogP contribution in [0.4, 0.5) is 0 Å². The van der Waals surface area contributed by atoms with Crippen molar-refractivity contribution in [1.82, 2.24) is 9.80 Å². The molecule has 5 rings (SSSR count). The molecule has 1 aliphatic heterocycles. The average Bonchev–Trinajstić information content (AvgIpc) is 2.90. The van der Waals surface area contributed by atoms with E-state index in [2.05, 4.69) is 11.8 Å². The number of piperidine rings is 1. The number of phenolic OH excluding ortho intramolecular Hbond substituents is 1. The number of rotatable bonds is 5. The molecule has 1 heterocycles. The van der Waals surface area contributed by atoms with E-state index in [1.165, 1.54) is 18.1 Å². The number of likely N-dealkylation sites (tertiary alicyclic amines) is 1. The lowest BCUT2D eigenvalue weighted by Crippen LogP contribution is -2.74. The van der Waals surface area contributed by atoms with Crippen molar-refractivity contribution in [3.05, 3.63) is 22.8 Å². The minimum absolute atomic E-state index is 0.00253. The molecule has 11 heteroatoms. The van der Waals surface area contributed by atoms with Crippen LogP contribution in [0, 0.1) is 23.7 Å². The second-order valence-corrected chi connectivity index (χ2v) is 11.8. The maximum Gasteiger partial charge on any atom is 0.235 e. The molecule has 11 nitrogen and oxygen atoms in total. The summed E-state index contributed by atoms with van der Waals surface area (Å²) in [6.45, 7) is 3.79. The monoisotopic (exact) mass is 555 g/mol. The van der Waals surface area contributed by atoms with Crippen LogP contribution >= 0.6 is 0 Å². The first-order valence-corrected chi connectivity index (χ1v) is 13.9. The van der Waals surface area contributed by atoms with Crippen LogP contribution < -0.4 is 10.5 Å². The van der Waals surface area contributed by atoms with Crippen LogP contribution in [-0.2, 0) is 25.6 Å². The standard InChI is InChI=1S/C29H37N3O8/c1-5-32-9-7-6-8-17(32)14-12-18(33)20-15(25(14)40-4)10-13-11-16-22(31(2)3)24(35)21(28(30)38)27(37)29(16,39)26(36)19(13)23(20)34/h12-13,16-17,19,21-22,33,39H,5-11H2,1-4H3,(H2,30,38). The molecule has 7 unspecified atom stereocenters. The van der Waals surface area contributed by atoms with Crippen LogP contribution in [-0.4, -0.2) is 95.0 Å². The Bertz CT molecular complexity index is 1310. The number of nitrogens with two attached hydrogens (primary N) is 1. The van der Waals surface area contributed by atoms with Gasteiger partial charge in [0.05, 0.1) is 24.6 Å². The van der Waals surface area contributed by atoms with Gasteiger partial charge in [0.25, 0.3) is 0 Å². The summed E-state index contributed by atoms with van der Waals surface area (Å²) in [5.74, 6) is -10.1. The van der Waals surface area contributed by atoms with E-state index in [1.54, 1.807) is 14.1 Å². The zero-order valence-electron chi connectivity index (χ0n) is 23.3. The fourth-order valence-corrected chi connectivity index (χ4v) is 7.89. The lowest BCUT2D eigenvalue weighted by molar-refractivity contribution is -0.181. The van der Waals surface area contributed by atoms with Crippen molar-refractivity contribution in [2.75, 3.05) is 34.3 Å². The maximum atomic E-state index is 14.0. The Hall–Kier alpha value is -3.15. The number of nitrogens with zero attached hydrogens (tertiary/aromatic N) is 2. The Kier molecular flexibility index (Phi) is 7.12. The highest BCUT2D eigenvalue weighted by Gasteiger charge is 2.69. The number of fused-ring (bicyclic) bond motifs is 3. The molecule has 3 aliphatic carbocycles. The minimum Gasteiger partial charge on any atom is -0.507 e. The molecule has 4 N–H and O–H groups in total. The maximum absolute atomic E-state index is 14.0. The number of aliphatic hydroxyl groups is 1. The summed E-state index contributed by atoms with van der Waals surface area (Å²) in [5, 5.41) is 22.9. The number of carbonyl (C=O) groups excluding carboxylic acids is 5. The number of hydrogen-bond donors (Lipinski definition) is 3. The van der Waals surface area contributed by atoms with E-state index in [4.69, 9.17) is 10.5 Å². The van der Waals surface area contributed by atoms with Gasteiger partial charge in [-0.1, -0.05) is 13.3 Å². The fraction of sp³-hybridized carbons (Fsp3) is 0.621. The quantitative estimate of drug-likeness (QED) is 0.433. The van der Waals surface area contributed by atoms with E-state index in [0.717, 1.165) is 37.9 Å². The van der Waals surface area contributed by atoms with E-state index in [-0.39, 0.29) is 30.2 Å². The van der Waals surface area contributed by atoms with Crippen LogP contribution in [0.2, 0.25) is 0 Å². The molecule has 2 saturated carbocycles. The molecular formula is C29H37N3O8. The van der Waals surface area contributed by atoms with Gasteiger partial charge in [0.15, 0.2) is 34.7 Å². The molecule has 0 spiro atoms. The van der Waals surface area contributed by atoms with Crippen molar-refractivity contribution in [2.24, 2.45) is 29.4 Å². The summed E-state index contributed by atoms with van der Waals surface area (Å²) in [6.07, 6.45) is 3.13. The first-order valence-electron chi connectivity index (χ1n) is 13.9. The van der Waals surface area contributed by atoms with Crippen LogP contribution in [0.3, 0.4) is 0 Å². The van der Waals surface area contributed by atoms with Gasteiger partial charge in [0.2, 0.25) is 5.91 Å². The number of phenols is 1. The molecule has 1 amide bonds. The zero-order chi connectivity index (χ0) is 29.3. The van der Waals surface area contributed by atoms with Gasteiger partial charge < -0.3 is 20.7 Å².